The maximum atomic E-state index is 9.22. The summed E-state index contributed by atoms with van der Waals surface area (Å²) < 4.78 is 5.10. The highest BCUT2D eigenvalue weighted by Crippen LogP contribution is 2.17. The number of hydrogen-bond acceptors (Lipinski definition) is 4. The molecule has 0 fully saturated rings. The van der Waals surface area contributed by atoms with E-state index in [9.17, 15) is 5.11 Å². The molecule has 1 aromatic carbocycles. The van der Waals surface area contributed by atoms with Gasteiger partial charge in [0.1, 0.15) is 5.75 Å². The predicted molar refractivity (Wildman–Crippen MR) is 67.0 cm³/mol. The summed E-state index contributed by atoms with van der Waals surface area (Å²) in [6.07, 6.45) is 0.663. The first-order valence-electron chi connectivity index (χ1n) is 5.82. The third-order valence-corrected chi connectivity index (χ3v) is 2.72. The normalized spacial score (nSPS) is 14.5. The lowest BCUT2D eigenvalue weighted by molar-refractivity contribution is 0.143. The summed E-state index contributed by atoms with van der Waals surface area (Å²) in [5.41, 5.74) is 1.10. The van der Waals surface area contributed by atoms with Crippen LogP contribution in [0.2, 0.25) is 0 Å². The first-order chi connectivity index (χ1) is 8.17. The van der Waals surface area contributed by atoms with E-state index in [1.807, 2.05) is 19.1 Å². The van der Waals surface area contributed by atoms with Crippen LogP contribution in [0.15, 0.2) is 24.3 Å². The average Bonchev–Trinajstić information content (AvgIpc) is 2.30. The van der Waals surface area contributed by atoms with Crippen molar-refractivity contribution in [3.63, 3.8) is 0 Å². The predicted octanol–water partition coefficient (Wildman–Crippen LogP) is 1.44. The van der Waals surface area contributed by atoms with Crippen LogP contribution < -0.4 is 5.32 Å². The van der Waals surface area contributed by atoms with Crippen LogP contribution in [0.1, 0.15) is 24.9 Å². The molecule has 4 heteroatoms. The van der Waals surface area contributed by atoms with Gasteiger partial charge in [-0.25, -0.2) is 0 Å². The maximum absolute atomic E-state index is 9.22. The van der Waals surface area contributed by atoms with Crippen LogP contribution in [0.5, 0.6) is 5.75 Å². The van der Waals surface area contributed by atoms with Gasteiger partial charge >= 0.3 is 0 Å². The number of rotatable bonds is 7. The molecule has 0 bridgehead atoms. The van der Waals surface area contributed by atoms with Crippen molar-refractivity contribution >= 4 is 0 Å². The summed E-state index contributed by atoms with van der Waals surface area (Å²) in [7, 11) is 1.65. The van der Waals surface area contributed by atoms with E-state index in [-0.39, 0.29) is 24.4 Å². The van der Waals surface area contributed by atoms with Crippen molar-refractivity contribution in [2.24, 2.45) is 0 Å². The Balaban J connectivity index is 2.56. The first kappa shape index (κ1) is 14.0. The molecule has 0 aromatic heterocycles. The number of aromatic hydroxyl groups is 1. The molecule has 0 amide bonds. The average molecular weight is 239 g/mol. The maximum Gasteiger partial charge on any atom is 0.115 e. The van der Waals surface area contributed by atoms with Gasteiger partial charge in [0, 0.05) is 25.8 Å². The lowest BCUT2D eigenvalue weighted by Crippen LogP contribution is -2.35. The number of aliphatic hydroxyl groups is 1. The minimum Gasteiger partial charge on any atom is -0.508 e. The summed E-state index contributed by atoms with van der Waals surface area (Å²) >= 11 is 0. The number of ether oxygens (including phenoxy) is 1. The zero-order valence-electron chi connectivity index (χ0n) is 10.4. The summed E-state index contributed by atoms with van der Waals surface area (Å²) in [6, 6.07) is 7.40. The molecule has 4 nitrogen and oxygen atoms in total. The first-order valence-corrected chi connectivity index (χ1v) is 5.82. The Morgan fingerprint density at radius 2 is 1.94 bits per heavy atom. The number of methoxy groups -OCH3 is 1. The third kappa shape index (κ3) is 4.73. The van der Waals surface area contributed by atoms with Crippen molar-refractivity contribution in [2.45, 2.75) is 25.4 Å². The fourth-order valence-electron chi connectivity index (χ4n) is 1.78. The van der Waals surface area contributed by atoms with Gasteiger partial charge in [-0.05, 0) is 31.0 Å². The molecule has 2 atom stereocenters. The van der Waals surface area contributed by atoms with Gasteiger partial charge in [0.25, 0.3) is 0 Å². The third-order valence-electron chi connectivity index (χ3n) is 2.72. The summed E-state index contributed by atoms with van der Waals surface area (Å²) in [6.45, 7) is 2.76. The Labute approximate surface area is 102 Å². The largest absolute Gasteiger partial charge is 0.508 e. The number of hydrogen-bond donors (Lipinski definition) is 3. The van der Waals surface area contributed by atoms with Crippen LogP contribution in [0.25, 0.3) is 0 Å². The van der Waals surface area contributed by atoms with Crippen LogP contribution in [-0.4, -0.2) is 36.6 Å². The molecule has 96 valence electrons. The Kier molecular flexibility index (Phi) is 5.97. The van der Waals surface area contributed by atoms with E-state index in [1.54, 1.807) is 19.2 Å². The topological polar surface area (TPSA) is 61.7 Å². The molecule has 0 aliphatic heterocycles. The van der Waals surface area contributed by atoms with Crippen molar-refractivity contribution in [1.82, 2.24) is 5.32 Å². The van der Waals surface area contributed by atoms with E-state index in [0.717, 1.165) is 5.56 Å². The smallest absolute Gasteiger partial charge is 0.115 e. The van der Waals surface area contributed by atoms with Crippen LogP contribution in [0.3, 0.4) is 0 Å². The molecule has 0 saturated carbocycles. The molecular weight excluding hydrogens is 218 g/mol. The molecule has 3 N–H and O–H groups in total. The van der Waals surface area contributed by atoms with E-state index in [2.05, 4.69) is 5.32 Å². The van der Waals surface area contributed by atoms with Gasteiger partial charge in [0.05, 0.1) is 6.61 Å². The van der Waals surface area contributed by atoms with E-state index in [0.29, 0.717) is 13.0 Å². The molecule has 0 aliphatic carbocycles. The number of phenols is 1. The fourth-order valence-corrected chi connectivity index (χ4v) is 1.78. The van der Waals surface area contributed by atoms with E-state index < -0.39 is 0 Å². The highest BCUT2D eigenvalue weighted by molar-refractivity contribution is 5.27. The summed E-state index contributed by atoms with van der Waals surface area (Å²) in [5, 5.41) is 21.6. The Bertz CT molecular complexity index is 307. The molecule has 2 unspecified atom stereocenters. The Morgan fingerprint density at radius 1 is 1.29 bits per heavy atom. The minimum atomic E-state index is 0.133. The second-order valence-corrected chi connectivity index (χ2v) is 4.14. The molecular formula is C13H21NO3. The van der Waals surface area contributed by atoms with Gasteiger partial charge in [0.15, 0.2) is 0 Å². The summed E-state index contributed by atoms with van der Waals surface area (Å²) in [4.78, 5) is 0. The second-order valence-electron chi connectivity index (χ2n) is 4.14. The minimum absolute atomic E-state index is 0.133. The quantitative estimate of drug-likeness (QED) is 0.674. The number of phenolic OH excluding ortho intramolecular Hbond substituents is 1. The van der Waals surface area contributed by atoms with Gasteiger partial charge in [0.2, 0.25) is 0 Å². The lowest BCUT2D eigenvalue weighted by Gasteiger charge is -2.22. The van der Waals surface area contributed by atoms with E-state index in [1.165, 1.54) is 0 Å². The molecule has 0 aliphatic rings. The zero-order chi connectivity index (χ0) is 12.7. The van der Waals surface area contributed by atoms with E-state index in [4.69, 9.17) is 9.84 Å². The van der Waals surface area contributed by atoms with Crippen molar-refractivity contribution in [3.05, 3.63) is 29.8 Å². The fraction of sp³-hybridized carbons (Fsp3) is 0.538. The standard InChI is InChI=1S/C13H21NO3/c1-10(11-3-5-13(16)6-4-11)14-12(7-8-15)9-17-2/h3-6,10,12,14-16H,7-9H2,1-2H3. The number of nitrogens with one attached hydrogen (secondary N) is 1. The summed E-state index contributed by atoms with van der Waals surface area (Å²) in [5.74, 6) is 0.268. The van der Waals surface area contributed by atoms with Crippen molar-refractivity contribution in [3.8, 4) is 5.75 Å². The Morgan fingerprint density at radius 3 is 2.47 bits per heavy atom. The van der Waals surface area contributed by atoms with Crippen LogP contribution >= 0.6 is 0 Å². The van der Waals surface area contributed by atoms with Gasteiger partial charge in [-0.3, -0.25) is 0 Å². The lowest BCUT2D eigenvalue weighted by atomic mass is 10.1. The number of benzene rings is 1. The number of aliphatic hydroxyl groups excluding tert-OH is 1. The monoisotopic (exact) mass is 239 g/mol. The zero-order valence-corrected chi connectivity index (χ0v) is 10.4. The van der Waals surface area contributed by atoms with Gasteiger partial charge in [-0.2, -0.15) is 0 Å². The molecule has 1 aromatic rings. The highest BCUT2D eigenvalue weighted by Gasteiger charge is 2.12. The molecule has 0 spiro atoms. The molecule has 0 saturated heterocycles. The molecule has 1 rings (SSSR count). The molecule has 17 heavy (non-hydrogen) atoms. The van der Waals surface area contributed by atoms with Gasteiger partial charge in [-0.1, -0.05) is 12.1 Å². The van der Waals surface area contributed by atoms with Crippen LogP contribution in [0, 0.1) is 0 Å². The second kappa shape index (κ2) is 7.27. The van der Waals surface area contributed by atoms with E-state index >= 15 is 0 Å². The Hall–Kier alpha value is -1.10. The highest BCUT2D eigenvalue weighted by atomic mass is 16.5. The SMILES string of the molecule is COCC(CCO)NC(C)c1ccc(O)cc1. The molecule has 0 radical (unpaired) electrons. The van der Waals surface area contributed by atoms with Crippen LogP contribution in [-0.2, 0) is 4.74 Å². The molecule has 0 heterocycles. The van der Waals surface area contributed by atoms with Crippen molar-refractivity contribution < 1.29 is 14.9 Å². The van der Waals surface area contributed by atoms with Gasteiger partial charge in [-0.15, -0.1) is 0 Å². The van der Waals surface area contributed by atoms with Crippen molar-refractivity contribution in [2.75, 3.05) is 20.3 Å². The van der Waals surface area contributed by atoms with Crippen molar-refractivity contribution in [1.29, 1.82) is 0 Å². The van der Waals surface area contributed by atoms with Gasteiger partial charge < -0.3 is 20.3 Å². The van der Waals surface area contributed by atoms with Crippen LogP contribution in [0.4, 0.5) is 0 Å².